The van der Waals surface area contributed by atoms with Gasteiger partial charge in [0.25, 0.3) is 0 Å². The van der Waals surface area contributed by atoms with Gasteiger partial charge < -0.3 is 15.8 Å². The maximum absolute atomic E-state index is 11.9. The maximum atomic E-state index is 11.9. The molecule has 18 heavy (non-hydrogen) atoms. The SMILES string of the molecule is CCOc1cccc(NC(=O)CC2(N)CCC2)c1. The van der Waals surface area contributed by atoms with Gasteiger partial charge in [-0.3, -0.25) is 4.79 Å². The van der Waals surface area contributed by atoms with Gasteiger partial charge in [0.2, 0.25) is 5.91 Å². The van der Waals surface area contributed by atoms with Crippen molar-refractivity contribution >= 4 is 11.6 Å². The molecule has 1 aromatic rings. The second-order valence-corrected chi connectivity index (χ2v) is 4.90. The zero-order chi connectivity index (χ0) is 13.0. The van der Waals surface area contributed by atoms with E-state index in [1.54, 1.807) is 0 Å². The minimum Gasteiger partial charge on any atom is -0.494 e. The van der Waals surface area contributed by atoms with Gasteiger partial charge in [0.05, 0.1) is 6.61 Å². The number of carbonyl (C=O) groups excluding carboxylic acids is 1. The molecule has 2 rings (SSSR count). The number of benzene rings is 1. The van der Waals surface area contributed by atoms with Crippen molar-refractivity contribution in [3.63, 3.8) is 0 Å². The Bertz CT molecular complexity index is 428. The minimum atomic E-state index is -0.276. The number of ether oxygens (including phenoxy) is 1. The summed E-state index contributed by atoms with van der Waals surface area (Å²) in [7, 11) is 0. The van der Waals surface area contributed by atoms with Crippen LogP contribution in [0.15, 0.2) is 24.3 Å². The third kappa shape index (κ3) is 3.23. The first-order chi connectivity index (χ1) is 8.61. The maximum Gasteiger partial charge on any atom is 0.226 e. The number of anilines is 1. The zero-order valence-corrected chi connectivity index (χ0v) is 10.7. The summed E-state index contributed by atoms with van der Waals surface area (Å²) in [6.07, 6.45) is 3.41. The van der Waals surface area contributed by atoms with E-state index in [0.717, 1.165) is 30.7 Å². The van der Waals surface area contributed by atoms with Crippen molar-refractivity contribution in [2.24, 2.45) is 5.73 Å². The first kappa shape index (κ1) is 12.9. The first-order valence-electron chi connectivity index (χ1n) is 6.43. The Labute approximate surface area is 108 Å². The van der Waals surface area contributed by atoms with Gasteiger partial charge in [0.1, 0.15) is 5.75 Å². The molecule has 0 heterocycles. The fourth-order valence-corrected chi connectivity index (χ4v) is 2.16. The smallest absolute Gasteiger partial charge is 0.226 e. The molecule has 4 heteroatoms. The summed E-state index contributed by atoms with van der Waals surface area (Å²) >= 11 is 0. The molecule has 1 aliphatic rings. The molecule has 1 amide bonds. The fourth-order valence-electron chi connectivity index (χ4n) is 2.16. The van der Waals surface area contributed by atoms with Crippen LogP contribution in [0.4, 0.5) is 5.69 Å². The molecule has 1 saturated carbocycles. The average molecular weight is 248 g/mol. The predicted molar refractivity (Wildman–Crippen MR) is 71.6 cm³/mol. The molecule has 0 radical (unpaired) electrons. The van der Waals surface area contributed by atoms with Crippen molar-refractivity contribution in [2.45, 2.75) is 38.1 Å². The molecule has 0 saturated heterocycles. The van der Waals surface area contributed by atoms with E-state index in [-0.39, 0.29) is 11.4 Å². The molecule has 0 aromatic heterocycles. The van der Waals surface area contributed by atoms with Gasteiger partial charge in [-0.15, -0.1) is 0 Å². The highest BCUT2D eigenvalue weighted by atomic mass is 16.5. The van der Waals surface area contributed by atoms with Crippen LogP contribution in [-0.4, -0.2) is 18.1 Å². The van der Waals surface area contributed by atoms with Crippen LogP contribution in [0.2, 0.25) is 0 Å². The molecule has 0 bridgehead atoms. The Hall–Kier alpha value is -1.55. The Balaban J connectivity index is 1.91. The average Bonchev–Trinajstić information content (AvgIpc) is 2.27. The van der Waals surface area contributed by atoms with E-state index < -0.39 is 0 Å². The lowest BCUT2D eigenvalue weighted by Gasteiger charge is -2.37. The monoisotopic (exact) mass is 248 g/mol. The molecule has 4 nitrogen and oxygen atoms in total. The first-order valence-corrected chi connectivity index (χ1v) is 6.43. The standard InChI is InChI=1S/C14H20N2O2/c1-2-18-12-6-3-5-11(9-12)16-13(17)10-14(15)7-4-8-14/h3,5-6,9H,2,4,7-8,10,15H2,1H3,(H,16,17). The number of hydrogen-bond acceptors (Lipinski definition) is 3. The molecule has 3 N–H and O–H groups in total. The summed E-state index contributed by atoms with van der Waals surface area (Å²) in [6.45, 7) is 2.54. The number of nitrogens with one attached hydrogen (secondary N) is 1. The Morgan fingerprint density at radius 2 is 2.28 bits per heavy atom. The van der Waals surface area contributed by atoms with Gasteiger partial charge >= 0.3 is 0 Å². The number of amides is 1. The highest BCUT2D eigenvalue weighted by Crippen LogP contribution is 2.32. The van der Waals surface area contributed by atoms with E-state index >= 15 is 0 Å². The second-order valence-electron chi connectivity index (χ2n) is 4.90. The Morgan fingerprint density at radius 1 is 1.50 bits per heavy atom. The van der Waals surface area contributed by atoms with Gasteiger partial charge in [-0.1, -0.05) is 6.07 Å². The lowest BCUT2D eigenvalue weighted by atomic mass is 9.75. The molecule has 98 valence electrons. The van der Waals surface area contributed by atoms with Gasteiger partial charge in [-0.2, -0.15) is 0 Å². The molecular weight excluding hydrogens is 228 g/mol. The van der Waals surface area contributed by atoms with E-state index in [9.17, 15) is 4.79 Å². The summed E-state index contributed by atoms with van der Waals surface area (Å²) in [5.41, 5.74) is 6.53. The van der Waals surface area contributed by atoms with E-state index in [4.69, 9.17) is 10.5 Å². The van der Waals surface area contributed by atoms with Crippen LogP contribution in [0.3, 0.4) is 0 Å². The normalized spacial score (nSPS) is 16.8. The van der Waals surface area contributed by atoms with Crippen molar-refractivity contribution in [3.05, 3.63) is 24.3 Å². The largest absolute Gasteiger partial charge is 0.494 e. The topological polar surface area (TPSA) is 64.3 Å². The highest BCUT2D eigenvalue weighted by molar-refractivity contribution is 5.91. The van der Waals surface area contributed by atoms with Crippen molar-refractivity contribution in [2.75, 3.05) is 11.9 Å². The molecule has 0 spiro atoms. The van der Waals surface area contributed by atoms with Crippen LogP contribution in [0.1, 0.15) is 32.6 Å². The summed E-state index contributed by atoms with van der Waals surface area (Å²) in [4.78, 5) is 11.9. The van der Waals surface area contributed by atoms with E-state index in [1.807, 2.05) is 31.2 Å². The van der Waals surface area contributed by atoms with Crippen molar-refractivity contribution in [1.82, 2.24) is 0 Å². The molecular formula is C14H20N2O2. The van der Waals surface area contributed by atoms with Gasteiger partial charge in [0, 0.05) is 23.7 Å². The van der Waals surface area contributed by atoms with E-state index in [1.165, 1.54) is 0 Å². The van der Waals surface area contributed by atoms with Crippen molar-refractivity contribution in [1.29, 1.82) is 0 Å². The summed E-state index contributed by atoms with van der Waals surface area (Å²) in [5.74, 6) is 0.743. The lowest BCUT2D eigenvalue weighted by molar-refractivity contribution is -0.118. The Morgan fingerprint density at radius 3 is 2.89 bits per heavy atom. The molecule has 0 unspecified atom stereocenters. The minimum absolute atomic E-state index is 0.0224. The number of hydrogen-bond donors (Lipinski definition) is 2. The van der Waals surface area contributed by atoms with Gasteiger partial charge in [0.15, 0.2) is 0 Å². The van der Waals surface area contributed by atoms with Crippen LogP contribution < -0.4 is 15.8 Å². The third-order valence-corrected chi connectivity index (χ3v) is 3.29. The van der Waals surface area contributed by atoms with E-state index in [0.29, 0.717) is 13.0 Å². The lowest BCUT2D eigenvalue weighted by Crippen LogP contribution is -2.48. The van der Waals surface area contributed by atoms with Crippen molar-refractivity contribution in [3.8, 4) is 5.75 Å². The highest BCUT2D eigenvalue weighted by Gasteiger charge is 2.34. The summed E-state index contributed by atoms with van der Waals surface area (Å²) < 4.78 is 5.39. The number of rotatable bonds is 5. The molecule has 1 aliphatic carbocycles. The molecule has 1 fully saturated rings. The zero-order valence-electron chi connectivity index (χ0n) is 10.7. The van der Waals surface area contributed by atoms with Crippen LogP contribution in [0.25, 0.3) is 0 Å². The predicted octanol–water partition coefficient (Wildman–Crippen LogP) is 2.30. The van der Waals surface area contributed by atoms with E-state index in [2.05, 4.69) is 5.32 Å². The molecule has 1 aromatic carbocycles. The fraction of sp³-hybridized carbons (Fsp3) is 0.500. The van der Waals surface area contributed by atoms with Crippen LogP contribution in [0, 0.1) is 0 Å². The number of nitrogens with two attached hydrogens (primary N) is 1. The van der Waals surface area contributed by atoms with Crippen molar-refractivity contribution < 1.29 is 9.53 Å². The summed E-state index contributed by atoms with van der Waals surface area (Å²) in [6, 6.07) is 7.41. The van der Waals surface area contributed by atoms with Crippen LogP contribution >= 0.6 is 0 Å². The van der Waals surface area contributed by atoms with Crippen LogP contribution in [0.5, 0.6) is 5.75 Å². The summed E-state index contributed by atoms with van der Waals surface area (Å²) in [5, 5.41) is 2.87. The third-order valence-electron chi connectivity index (χ3n) is 3.29. The second kappa shape index (κ2) is 5.40. The van der Waals surface area contributed by atoms with Gasteiger partial charge in [-0.25, -0.2) is 0 Å². The number of carbonyl (C=O) groups is 1. The molecule has 0 aliphatic heterocycles. The molecule has 0 atom stereocenters. The Kier molecular flexibility index (Phi) is 3.87. The van der Waals surface area contributed by atoms with Crippen LogP contribution in [-0.2, 0) is 4.79 Å². The quantitative estimate of drug-likeness (QED) is 0.840. The van der Waals surface area contributed by atoms with Gasteiger partial charge in [-0.05, 0) is 38.3 Å².